The second kappa shape index (κ2) is 5.14. The maximum absolute atomic E-state index is 5.42. The summed E-state index contributed by atoms with van der Waals surface area (Å²) in [5.74, 6) is 0.924. The Morgan fingerprint density at radius 3 is 2.31 bits per heavy atom. The minimum Gasteiger partial charge on any atom is -0.494 e. The Kier molecular flexibility index (Phi) is 3.58. The molecule has 0 aromatic heterocycles. The maximum Gasteiger partial charge on any atom is 0.119 e. The summed E-state index contributed by atoms with van der Waals surface area (Å²) in [5.41, 5.74) is 2.46. The number of ether oxygens (including phenoxy) is 1. The van der Waals surface area contributed by atoms with Gasteiger partial charge in [0.05, 0.1) is 6.61 Å². The third kappa shape index (κ3) is 2.43. The Hall–Kier alpha value is -1.33. The zero-order valence-electron chi connectivity index (χ0n) is 9.31. The lowest BCUT2D eigenvalue weighted by molar-refractivity contribution is 0.340. The summed E-state index contributed by atoms with van der Waals surface area (Å²) in [6.07, 6.45) is 0. The van der Waals surface area contributed by atoms with E-state index >= 15 is 0 Å². The van der Waals surface area contributed by atoms with Crippen molar-refractivity contribution in [1.82, 2.24) is 0 Å². The van der Waals surface area contributed by atoms with Crippen molar-refractivity contribution in [3.8, 4) is 16.9 Å². The van der Waals surface area contributed by atoms with Crippen LogP contribution in [0.5, 0.6) is 5.75 Å². The van der Waals surface area contributed by atoms with E-state index in [9.17, 15) is 0 Å². The van der Waals surface area contributed by atoms with Gasteiger partial charge in [0.25, 0.3) is 0 Å². The number of hydrogen-bond donors (Lipinski definition) is 0. The molecule has 0 N–H and O–H groups in total. The molecule has 0 aliphatic rings. The highest BCUT2D eigenvalue weighted by molar-refractivity contribution is 7.28. The minimum absolute atomic E-state index is 0.708. The van der Waals surface area contributed by atoms with Gasteiger partial charge in [-0.05, 0) is 35.5 Å². The van der Waals surface area contributed by atoms with E-state index in [1.165, 1.54) is 16.4 Å². The van der Waals surface area contributed by atoms with E-state index in [1.54, 1.807) is 0 Å². The number of benzene rings is 2. The van der Waals surface area contributed by atoms with Crippen LogP contribution in [-0.2, 0) is 0 Å². The fourth-order valence-corrected chi connectivity index (χ4v) is 2.03. The Labute approximate surface area is 98.7 Å². The van der Waals surface area contributed by atoms with Gasteiger partial charge in [-0.2, -0.15) is 0 Å². The Morgan fingerprint density at radius 1 is 1.00 bits per heavy atom. The van der Waals surface area contributed by atoms with Crippen LogP contribution in [0.25, 0.3) is 11.1 Å². The quantitative estimate of drug-likeness (QED) is 0.735. The van der Waals surface area contributed by atoms with Crippen LogP contribution >= 0.6 is 9.24 Å². The largest absolute Gasteiger partial charge is 0.494 e. The highest BCUT2D eigenvalue weighted by Gasteiger charge is 2.00. The van der Waals surface area contributed by atoms with Crippen LogP contribution in [0, 0.1) is 0 Å². The zero-order chi connectivity index (χ0) is 11.4. The third-order valence-corrected chi connectivity index (χ3v) is 2.94. The molecule has 1 nitrogen and oxygen atoms in total. The van der Waals surface area contributed by atoms with Gasteiger partial charge in [-0.15, -0.1) is 9.24 Å². The predicted octanol–water partition coefficient (Wildman–Crippen LogP) is 3.25. The van der Waals surface area contributed by atoms with Gasteiger partial charge in [-0.25, -0.2) is 0 Å². The molecule has 0 amide bonds. The molecule has 0 spiro atoms. The first-order chi connectivity index (χ1) is 7.81. The summed E-state index contributed by atoms with van der Waals surface area (Å²) >= 11 is 0. The lowest BCUT2D eigenvalue weighted by Crippen LogP contribution is -1.95. The molecule has 1 unspecified atom stereocenters. The fourth-order valence-electron chi connectivity index (χ4n) is 1.66. The molecule has 0 radical (unpaired) electrons. The van der Waals surface area contributed by atoms with E-state index in [0.29, 0.717) is 6.61 Å². The summed E-state index contributed by atoms with van der Waals surface area (Å²) < 4.78 is 5.42. The standard InChI is InChI=1S/C14H15OP/c1-2-15-12-9-7-11(8-10-12)13-5-3-4-6-14(13)16/h3-10H,2,16H2,1H3. The third-order valence-electron chi connectivity index (χ3n) is 2.44. The van der Waals surface area contributed by atoms with E-state index in [2.05, 4.69) is 39.6 Å². The van der Waals surface area contributed by atoms with Crippen molar-refractivity contribution in [1.29, 1.82) is 0 Å². The molecule has 0 heterocycles. The molecule has 2 aromatic rings. The van der Waals surface area contributed by atoms with Gasteiger partial charge >= 0.3 is 0 Å². The van der Waals surface area contributed by atoms with Crippen molar-refractivity contribution in [3.05, 3.63) is 48.5 Å². The summed E-state index contributed by atoms with van der Waals surface area (Å²) in [5, 5.41) is 1.21. The van der Waals surface area contributed by atoms with Gasteiger partial charge in [0, 0.05) is 0 Å². The van der Waals surface area contributed by atoms with E-state index in [-0.39, 0.29) is 0 Å². The molecule has 2 rings (SSSR count). The summed E-state index contributed by atoms with van der Waals surface area (Å²) in [6.45, 7) is 2.70. The lowest BCUT2D eigenvalue weighted by Gasteiger charge is -2.07. The smallest absolute Gasteiger partial charge is 0.119 e. The van der Waals surface area contributed by atoms with Gasteiger partial charge in [0.15, 0.2) is 0 Å². The van der Waals surface area contributed by atoms with Gasteiger partial charge in [0.1, 0.15) is 5.75 Å². The van der Waals surface area contributed by atoms with Crippen LogP contribution in [0.1, 0.15) is 6.92 Å². The van der Waals surface area contributed by atoms with E-state index in [4.69, 9.17) is 4.74 Å². The summed E-state index contributed by atoms with van der Waals surface area (Å²) in [6, 6.07) is 16.5. The molecule has 82 valence electrons. The van der Waals surface area contributed by atoms with E-state index in [1.807, 2.05) is 25.1 Å². The molecule has 0 saturated carbocycles. The Balaban J connectivity index is 2.31. The van der Waals surface area contributed by atoms with E-state index in [0.717, 1.165) is 5.75 Å². The molecule has 0 aliphatic heterocycles. The Bertz CT molecular complexity index is 462. The van der Waals surface area contributed by atoms with Crippen LogP contribution in [0.15, 0.2) is 48.5 Å². The highest BCUT2D eigenvalue weighted by Crippen LogP contribution is 2.22. The van der Waals surface area contributed by atoms with Crippen molar-refractivity contribution in [2.24, 2.45) is 0 Å². The summed E-state index contributed by atoms with van der Waals surface area (Å²) in [4.78, 5) is 0. The predicted molar refractivity (Wildman–Crippen MR) is 72.4 cm³/mol. The number of hydrogen-bond acceptors (Lipinski definition) is 1. The molecule has 0 bridgehead atoms. The SMILES string of the molecule is CCOc1ccc(-c2ccccc2P)cc1. The molecule has 16 heavy (non-hydrogen) atoms. The van der Waals surface area contributed by atoms with Crippen LogP contribution < -0.4 is 10.0 Å². The maximum atomic E-state index is 5.42. The first-order valence-electron chi connectivity index (χ1n) is 5.39. The fraction of sp³-hybridized carbons (Fsp3) is 0.143. The average Bonchev–Trinajstić information content (AvgIpc) is 2.31. The van der Waals surface area contributed by atoms with Crippen molar-refractivity contribution in [3.63, 3.8) is 0 Å². The monoisotopic (exact) mass is 230 g/mol. The minimum atomic E-state index is 0.708. The van der Waals surface area contributed by atoms with Gasteiger partial charge in [0.2, 0.25) is 0 Å². The molecule has 2 heteroatoms. The molecule has 0 aliphatic carbocycles. The van der Waals surface area contributed by atoms with Crippen LogP contribution in [0.4, 0.5) is 0 Å². The molecular weight excluding hydrogens is 215 g/mol. The second-order valence-electron chi connectivity index (χ2n) is 3.54. The first kappa shape index (κ1) is 11.2. The first-order valence-corrected chi connectivity index (χ1v) is 5.96. The molecule has 2 aromatic carbocycles. The van der Waals surface area contributed by atoms with Crippen molar-refractivity contribution in [2.45, 2.75) is 6.92 Å². The lowest BCUT2D eigenvalue weighted by atomic mass is 10.1. The van der Waals surface area contributed by atoms with E-state index < -0.39 is 0 Å². The topological polar surface area (TPSA) is 9.23 Å². The van der Waals surface area contributed by atoms with Gasteiger partial charge in [-0.3, -0.25) is 0 Å². The molecular formula is C14H15OP. The molecule has 0 fully saturated rings. The van der Waals surface area contributed by atoms with Crippen LogP contribution in [0.3, 0.4) is 0 Å². The average molecular weight is 230 g/mol. The molecule has 1 atom stereocenters. The zero-order valence-corrected chi connectivity index (χ0v) is 10.5. The van der Waals surface area contributed by atoms with Crippen LogP contribution in [0.2, 0.25) is 0 Å². The van der Waals surface area contributed by atoms with Crippen molar-refractivity contribution >= 4 is 14.5 Å². The van der Waals surface area contributed by atoms with Gasteiger partial charge < -0.3 is 4.74 Å². The van der Waals surface area contributed by atoms with Crippen LogP contribution in [-0.4, -0.2) is 6.61 Å². The Morgan fingerprint density at radius 2 is 1.69 bits per heavy atom. The highest BCUT2D eigenvalue weighted by atomic mass is 31.0. The van der Waals surface area contributed by atoms with Crippen molar-refractivity contribution in [2.75, 3.05) is 6.61 Å². The second-order valence-corrected chi connectivity index (χ2v) is 4.17. The molecule has 0 saturated heterocycles. The number of rotatable bonds is 3. The van der Waals surface area contributed by atoms with Crippen molar-refractivity contribution < 1.29 is 4.74 Å². The summed E-state index contributed by atoms with van der Waals surface area (Å²) in [7, 11) is 2.76. The van der Waals surface area contributed by atoms with Gasteiger partial charge in [-0.1, -0.05) is 36.4 Å². The normalized spacial score (nSPS) is 10.1.